The number of carbonyl (C=O) groups is 2. The van der Waals surface area contributed by atoms with Crippen molar-refractivity contribution in [3.8, 4) is 0 Å². The summed E-state index contributed by atoms with van der Waals surface area (Å²) in [6.07, 6.45) is 1.49. The van der Waals surface area contributed by atoms with E-state index in [0.717, 1.165) is 0 Å². The Labute approximate surface area is 124 Å². The van der Waals surface area contributed by atoms with Crippen LogP contribution in [0.1, 0.15) is 6.92 Å². The summed E-state index contributed by atoms with van der Waals surface area (Å²) in [6, 6.07) is 0. The monoisotopic (exact) mass is 292 g/mol. The summed E-state index contributed by atoms with van der Waals surface area (Å²) < 4.78 is 10.6. The average Bonchev–Trinajstić information content (AvgIpc) is 2.53. The molecule has 0 bridgehead atoms. The predicted molar refractivity (Wildman–Crippen MR) is 75.6 cm³/mol. The molecule has 3 aliphatic rings. The maximum atomic E-state index is 12.6. The van der Waals surface area contributed by atoms with Gasteiger partial charge in [0.25, 0.3) is 0 Å². The fourth-order valence-electron chi connectivity index (χ4n) is 2.96. The molecule has 0 aromatic rings. The van der Waals surface area contributed by atoms with Gasteiger partial charge < -0.3 is 19.3 Å². The lowest BCUT2D eigenvalue weighted by Crippen LogP contribution is -2.43. The Morgan fingerprint density at radius 3 is 2.00 bits per heavy atom. The highest BCUT2D eigenvalue weighted by atomic mass is 16.5. The number of Topliss-reactive ketones (excluding diaryl/α,β-unsaturated/α-hetero) is 1. The molecular formula is C15H20N2O4. The van der Waals surface area contributed by atoms with Gasteiger partial charge in [-0.1, -0.05) is 0 Å². The van der Waals surface area contributed by atoms with Crippen LogP contribution in [-0.4, -0.2) is 74.0 Å². The van der Waals surface area contributed by atoms with Crippen LogP contribution in [0.3, 0.4) is 0 Å². The Kier molecular flexibility index (Phi) is 4.07. The molecule has 0 N–H and O–H groups in total. The zero-order chi connectivity index (χ0) is 14.8. The Morgan fingerprint density at radius 1 is 0.905 bits per heavy atom. The van der Waals surface area contributed by atoms with Crippen molar-refractivity contribution in [3.63, 3.8) is 0 Å². The topological polar surface area (TPSA) is 59.1 Å². The maximum absolute atomic E-state index is 12.6. The third-order valence-electron chi connectivity index (χ3n) is 4.11. The lowest BCUT2D eigenvalue weighted by Gasteiger charge is -2.35. The minimum Gasteiger partial charge on any atom is -0.378 e. The molecule has 0 spiro atoms. The number of ether oxygens (including phenoxy) is 2. The minimum atomic E-state index is -0.0736. The van der Waals surface area contributed by atoms with Crippen molar-refractivity contribution in [2.24, 2.45) is 0 Å². The molecule has 6 nitrogen and oxygen atoms in total. The second-order valence-corrected chi connectivity index (χ2v) is 5.40. The van der Waals surface area contributed by atoms with Gasteiger partial charge in [-0.25, -0.2) is 0 Å². The number of nitrogens with zero attached hydrogens (tertiary/aromatic N) is 2. The molecule has 114 valence electrons. The molecular weight excluding hydrogens is 272 g/mol. The number of allylic oxidation sites excluding steroid dienone is 2. The van der Waals surface area contributed by atoms with Gasteiger partial charge in [0.1, 0.15) is 0 Å². The number of morpholine rings is 2. The molecule has 0 radical (unpaired) electrons. The van der Waals surface area contributed by atoms with Crippen LogP contribution < -0.4 is 0 Å². The standard InChI is InChI=1S/C15H20N2O4/c1-11-14(17-4-8-21-9-5-17)13(18)10-12(15(11)19)16-2-6-20-7-3-16/h10H,2-9H2,1H3. The highest BCUT2D eigenvalue weighted by Gasteiger charge is 2.32. The van der Waals surface area contributed by atoms with E-state index in [9.17, 15) is 9.59 Å². The van der Waals surface area contributed by atoms with E-state index in [0.29, 0.717) is 69.6 Å². The highest BCUT2D eigenvalue weighted by Crippen LogP contribution is 2.25. The smallest absolute Gasteiger partial charge is 0.207 e. The number of hydrogen-bond donors (Lipinski definition) is 0. The maximum Gasteiger partial charge on any atom is 0.207 e. The van der Waals surface area contributed by atoms with Gasteiger partial charge in [-0.15, -0.1) is 0 Å². The second-order valence-electron chi connectivity index (χ2n) is 5.40. The van der Waals surface area contributed by atoms with Crippen LogP contribution in [-0.2, 0) is 19.1 Å². The SMILES string of the molecule is CC1=C(N2CCOCC2)C(=O)C=C(N2CCOCC2)C1=O. The lowest BCUT2D eigenvalue weighted by atomic mass is 9.96. The van der Waals surface area contributed by atoms with Crippen LogP contribution in [0.5, 0.6) is 0 Å². The summed E-state index contributed by atoms with van der Waals surface area (Å²) in [5.74, 6) is -0.117. The van der Waals surface area contributed by atoms with Gasteiger partial charge in [0, 0.05) is 37.8 Å². The van der Waals surface area contributed by atoms with Crippen molar-refractivity contribution >= 4 is 11.6 Å². The van der Waals surface area contributed by atoms with Gasteiger partial charge >= 0.3 is 0 Å². The Balaban J connectivity index is 1.83. The van der Waals surface area contributed by atoms with Crippen LogP contribution in [0.4, 0.5) is 0 Å². The van der Waals surface area contributed by atoms with Crippen LogP contribution >= 0.6 is 0 Å². The quantitative estimate of drug-likeness (QED) is 0.666. The third kappa shape index (κ3) is 2.73. The number of hydrogen-bond acceptors (Lipinski definition) is 6. The normalized spacial score (nSPS) is 24.5. The van der Waals surface area contributed by atoms with E-state index in [-0.39, 0.29) is 11.6 Å². The molecule has 6 heteroatoms. The zero-order valence-corrected chi connectivity index (χ0v) is 12.3. The molecule has 0 atom stereocenters. The zero-order valence-electron chi connectivity index (χ0n) is 12.3. The molecule has 2 heterocycles. The van der Waals surface area contributed by atoms with Crippen molar-refractivity contribution < 1.29 is 19.1 Å². The average molecular weight is 292 g/mol. The van der Waals surface area contributed by atoms with Crippen LogP contribution in [0.2, 0.25) is 0 Å². The van der Waals surface area contributed by atoms with E-state index < -0.39 is 0 Å². The molecule has 2 fully saturated rings. The lowest BCUT2D eigenvalue weighted by molar-refractivity contribution is -0.118. The summed E-state index contributed by atoms with van der Waals surface area (Å²) in [5.41, 5.74) is 1.60. The van der Waals surface area contributed by atoms with E-state index in [1.54, 1.807) is 6.92 Å². The van der Waals surface area contributed by atoms with Crippen molar-refractivity contribution in [1.82, 2.24) is 9.80 Å². The molecule has 0 aromatic carbocycles. The van der Waals surface area contributed by atoms with Gasteiger partial charge in [-0.05, 0) is 6.92 Å². The molecule has 21 heavy (non-hydrogen) atoms. The van der Waals surface area contributed by atoms with Gasteiger partial charge in [-0.2, -0.15) is 0 Å². The first kappa shape index (κ1) is 14.3. The number of rotatable bonds is 2. The first-order valence-electron chi connectivity index (χ1n) is 7.35. The summed E-state index contributed by atoms with van der Waals surface area (Å²) in [7, 11) is 0. The van der Waals surface area contributed by atoms with E-state index in [2.05, 4.69) is 0 Å². The Hall–Kier alpha value is -1.66. The van der Waals surface area contributed by atoms with E-state index in [1.165, 1.54) is 6.08 Å². The summed E-state index contributed by atoms with van der Waals surface area (Å²) >= 11 is 0. The molecule has 3 rings (SSSR count). The minimum absolute atomic E-state index is 0.0435. The first-order valence-corrected chi connectivity index (χ1v) is 7.35. The summed E-state index contributed by atoms with van der Waals surface area (Å²) in [4.78, 5) is 29.0. The summed E-state index contributed by atoms with van der Waals surface area (Å²) in [5, 5.41) is 0. The van der Waals surface area contributed by atoms with Gasteiger partial charge in [0.2, 0.25) is 11.6 Å². The molecule has 1 aliphatic carbocycles. The predicted octanol–water partition coefficient (Wildman–Crippen LogP) is -0.0395. The summed E-state index contributed by atoms with van der Waals surface area (Å²) in [6.45, 7) is 6.76. The van der Waals surface area contributed by atoms with Crippen molar-refractivity contribution in [3.05, 3.63) is 23.0 Å². The Morgan fingerprint density at radius 2 is 1.43 bits per heavy atom. The molecule has 2 saturated heterocycles. The first-order chi connectivity index (χ1) is 10.2. The van der Waals surface area contributed by atoms with Crippen LogP contribution in [0.25, 0.3) is 0 Å². The van der Waals surface area contributed by atoms with E-state index >= 15 is 0 Å². The van der Waals surface area contributed by atoms with E-state index in [1.807, 2.05) is 9.80 Å². The van der Waals surface area contributed by atoms with E-state index in [4.69, 9.17) is 9.47 Å². The second kappa shape index (κ2) is 5.99. The highest BCUT2D eigenvalue weighted by molar-refractivity contribution is 6.22. The van der Waals surface area contributed by atoms with Gasteiger partial charge in [0.05, 0.1) is 37.8 Å². The van der Waals surface area contributed by atoms with Gasteiger partial charge in [-0.3, -0.25) is 9.59 Å². The number of ketones is 2. The molecule has 0 aromatic heterocycles. The largest absolute Gasteiger partial charge is 0.378 e. The van der Waals surface area contributed by atoms with Crippen LogP contribution in [0, 0.1) is 0 Å². The molecule has 0 unspecified atom stereocenters. The molecule has 0 saturated carbocycles. The van der Waals surface area contributed by atoms with Crippen molar-refractivity contribution in [1.29, 1.82) is 0 Å². The van der Waals surface area contributed by atoms with Crippen molar-refractivity contribution in [2.75, 3.05) is 52.6 Å². The molecule has 2 aliphatic heterocycles. The fourth-order valence-corrected chi connectivity index (χ4v) is 2.96. The van der Waals surface area contributed by atoms with Gasteiger partial charge in [0.15, 0.2) is 0 Å². The van der Waals surface area contributed by atoms with Crippen molar-refractivity contribution in [2.45, 2.75) is 6.92 Å². The van der Waals surface area contributed by atoms with Crippen LogP contribution in [0.15, 0.2) is 23.0 Å². The third-order valence-corrected chi connectivity index (χ3v) is 4.11. The molecule has 0 amide bonds. The number of carbonyl (C=O) groups excluding carboxylic acids is 2. The Bertz CT molecular complexity index is 512. The fraction of sp³-hybridized carbons (Fsp3) is 0.600.